The van der Waals surface area contributed by atoms with E-state index in [0.29, 0.717) is 24.9 Å². The highest BCUT2D eigenvalue weighted by Crippen LogP contribution is 2.01. The van der Waals surface area contributed by atoms with Crippen LogP contribution < -0.4 is 0 Å². The lowest BCUT2D eigenvalue weighted by atomic mass is 10.6. The Bertz CT molecular complexity index is 241. The van der Waals surface area contributed by atoms with E-state index in [1.54, 1.807) is 0 Å². The van der Waals surface area contributed by atoms with Gasteiger partial charge in [0, 0.05) is 0 Å². The predicted octanol–water partition coefficient (Wildman–Crippen LogP) is -0.154. The van der Waals surface area contributed by atoms with Crippen molar-refractivity contribution < 1.29 is 9.26 Å². The highest BCUT2D eigenvalue weighted by molar-refractivity contribution is 5.90. The molecule has 0 fully saturated rings. The van der Waals surface area contributed by atoms with Crippen molar-refractivity contribution in [1.29, 1.82) is 0 Å². The molecule has 10 heavy (non-hydrogen) atoms. The molecule has 0 radical (unpaired) electrons. The first-order chi connectivity index (χ1) is 4.97. The molecule has 5 nitrogen and oxygen atoms in total. The summed E-state index contributed by atoms with van der Waals surface area (Å²) in [5.41, 5.74) is 0. The normalized spacial score (nSPS) is 16.6. The standard InChI is InChI=1S/C5H5N3O2/c1-2-9-4(6-1)5-7-3-8-10-5/h3H,1-2H2. The minimum Gasteiger partial charge on any atom is -0.472 e. The molecule has 0 saturated heterocycles. The van der Waals surface area contributed by atoms with E-state index in [4.69, 9.17) is 9.26 Å². The van der Waals surface area contributed by atoms with E-state index in [1.165, 1.54) is 6.33 Å². The second-order valence-electron chi connectivity index (χ2n) is 1.78. The summed E-state index contributed by atoms with van der Waals surface area (Å²) in [6, 6.07) is 0. The molecular formula is C5H5N3O2. The number of aliphatic imine (C=N–C) groups is 1. The smallest absolute Gasteiger partial charge is 0.312 e. The minimum atomic E-state index is 0.359. The minimum absolute atomic E-state index is 0.359. The molecule has 2 rings (SSSR count). The van der Waals surface area contributed by atoms with Crippen molar-refractivity contribution in [2.75, 3.05) is 13.2 Å². The van der Waals surface area contributed by atoms with E-state index >= 15 is 0 Å². The number of ether oxygens (including phenoxy) is 1. The molecule has 0 bridgehead atoms. The Labute approximate surface area is 56.7 Å². The number of aromatic nitrogens is 2. The third-order valence-corrected chi connectivity index (χ3v) is 1.13. The summed E-state index contributed by atoms with van der Waals surface area (Å²) < 4.78 is 9.75. The molecule has 0 aliphatic carbocycles. The Morgan fingerprint density at radius 3 is 3.10 bits per heavy atom. The van der Waals surface area contributed by atoms with Crippen molar-refractivity contribution in [3.05, 3.63) is 12.2 Å². The Kier molecular flexibility index (Phi) is 1.13. The van der Waals surface area contributed by atoms with Gasteiger partial charge in [0.15, 0.2) is 6.33 Å². The first kappa shape index (κ1) is 5.40. The highest BCUT2D eigenvalue weighted by atomic mass is 16.5. The van der Waals surface area contributed by atoms with Gasteiger partial charge in [0.05, 0.1) is 6.54 Å². The summed E-state index contributed by atoms with van der Waals surface area (Å²) in [6.07, 6.45) is 1.32. The van der Waals surface area contributed by atoms with Crippen molar-refractivity contribution >= 4 is 5.90 Å². The fourth-order valence-corrected chi connectivity index (χ4v) is 0.732. The van der Waals surface area contributed by atoms with Crippen LogP contribution in [0.5, 0.6) is 0 Å². The lowest BCUT2D eigenvalue weighted by molar-refractivity contribution is 0.324. The van der Waals surface area contributed by atoms with Crippen LogP contribution in [0.4, 0.5) is 0 Å². The molecule has 2 heterocycles. The van der Waals surface area contributed by atoms with Crippen molar-refractivity contribution in [2.24, 2.45) is 4.99 Å². The van der Waals surface area contributed by atoms with Crippen molar-refractivity contribution in [3.63, 3.8) is 0 Å². The highest BCUT2D eigenvalue weighted by Gasteiger charge is 2.14. The molecule has 0 atom stereocenters. The summed E-state index contributed by atoms with van der Waals surface area (Å²) in [7, 11) is 0. The van der Waals surface area contributed by atoms with Gasteiger partial charge in [-0.15, -0.1) is 0 Å². The zero-order valence-electron chi connectivity index (χ0n) is 5.15. The predicted molar refractivity (Wildman–Crippen MR) is 31.7 cm³/mol. The van der Waals surface area contributed by atoms with Gasteiger partial charge in [0.2, 0.25) is 0 Å². The van der Waals surface area contributed by atoms with E-state index in [-0.39, 0.29) is 0 Å². The second-order valence-corrected chi connectivity index (χ2v) is 1.78. The van der Waals surface area contributed by atoms with E-state index < -0.39 is 0 Å². The van der Waals surface area contributed by atoms with Crippen LogP contribution in [0, 0.1) is 0 Å². The summed E-state index contributed by atoms with van der Waals surface area (Å²) in [4.78, 5) is 7.74. The molecule has 1 aliphatic heterocycles. The zero-order valence-corrected chi connectivity index (χ0v) is 5.15. The number of hydrogen-bond donors (Lipinski definition) is 0. The fraction of sp³-hybridized carbons (Fsp3) is 0.400. The van der Waals surface area contributed by atoms with Gasteiger partial charge in [0.1, 0.15) is 6.61 Å². The first-order valence-electron chi connectivity index (χ1n) is 2.91. The van der Waals surface area contributed by atoms with Crippen LogP contribution in [0.2, 0.25) is 0 Å². The Morgan fingerprint density at radius 1 is 1.50 bits per heavy atom. The maximum absolute atomic E-state index is 5.05. The van der Waals surface area contributed by atoms with Gasteiger partial charge >= 0.3 is 5.89 Å². The third kappa shape index (κ3) is 0.754. The summed E-state index contributed by atoms with van der Waals surface area (Å²) >= 11 is 0. The lowest BCUT2D eigenvalue weighted by Gasteiger charge is -1.90. The van der Waals surface area contributed by atoms with E-state index in [1.807, 2.05) is 0 Å². The molecular weight excluding hydrogens is 134 g/mol. The van der Waals surface area contributed by atoms with Crippen LogP contribution in [0.15, 0.2) is 15.8 Å². The molecule has 5 heteroatoms. The van der Waals surface area contributed by atoms with E-state index in [0.717, 1.165) is 0 Å². The molecule has 0 N–H and O–H groups in total. The topological polar surface area (TPSA) is 60.5 Å². The molecule has 52 valence electrons. The molecule has 1 aromatic heterocycles. The van der Waals surface area contributed by atoms with Gasteiger partial charge in [-0.3, -0.25) is 0 Å². The maximum atomic E-state index is 5.05. The maximum Gasteiger partial charge on any atom is 0.312 e. The average Bonchev–Trinajstić information content (AvgIpc) is 2.59. The first-order valence-corrected chi connectivity index (χ1v) is 2.91. The van der Waals surface area contributed by atoms with Crippen LogP contribution in [0.3, 0.4) is 0 Å². The Balaban J connectivity index is 2.28. The van der Waals surface area contributed by atoms with Crippen molar-refractivity contribution in [2.45, 2.75) is 0 Å². The quantitative estimate of drug-likeness (QED) is 0.542. The van der Waals surface area contributed by atoms with Gasteiger partial charge in [-0.25, -0.2) is 4.99 Å². The number of hydrogen-bond acceptors (Lipinski definition) is 5. The molecule has 0 spiro atoms. The molecule has 0 amide bonds. The molecule has 0 unspecified atom stereocenters. The number of nitrogens with zero attached hydrogens (tertiary/aromatic N) is 3. The number of rotatable bonds is 1. The Hall–Kier alpha value is -1.39. The average molecular weight is 139 g/mol. The largest absolute Gasteiger partial charge is 0.472 e. The van der Waals surface area contributed by atoms with Crippen molar-refractivity contribution in [3.8, 4) is 0 Å². The van der Waals surface area contributed by atoms with Gasteiger partial charge in [-0.05, 0) is 0 Å². The van der Waals surface area contributed by atoms with Crippen LogP contribution in [0.1, 0.15) is 5.89 Å². The van der Waals surface area contributed by atoms with E-state index in [2.05, 4.69) is 15.1 Å². The van der Waals surface area contributed by atoms with Crippen LogP contribution in [-0.4, -0.2) is 29.2 Å². The van der Waals surface area contributed by atoms with Gasteiger partial charge in [0.25, 0.3) is 5.90 Å². The monoisotopic (exact) mass is 139 g/mol. The zero-order chi connectivity index (χ0) is 6.81. The summed E-state index contributed by atoms with van der Waals surface area (Å²) in [6.45, 7) is 1.29. The second kappa shape index (κ2) is 2.09. The van der Waals surface area contributed by atoms with Gasteiger partial charge in [-0.2, -0.15) is 4.98 Å². The van der Waals surface area contributed by atoms with Crippen LogP contribution in [-0.2, 0) is 4.74 Å². The van der Waals surface area contributed by atoms with E-state index in [9.17, 15) is 0 Å². The van der Waals surface area contributed by atoms with Crippen LogP contribution >= 0.6 is 0 Å². The molecule has 0 aromatic carbocycles. The van der Waals surface area contributed by atoms with Crippen molar-refractivity contribution in [1.82, 2.24) is 10.1 Å². The lowest BCUT2D eigenvalue weighted by Crippen LogP contribution is -2.00. The summed E-state index contributed by atoms with van der Waals surface area (Å²) in [5.74, 6) is 0.815. The molecule has 0 saturated carbocycles. The van der Waals surface area contributed by atoms with Gasteiger partial charge < -0.3 is 9.26 Å². The molecule has 1 aliphatic rings. The molecule has 1 aromatic rings. The SMILES string of the molecule is c1noc(C2=NCCO2)n1. The Morgan fingerprint density at radius 2 is 2.50 bits per heavy atom. The fourth-order valence-electron chi connectivity index (χ4n) is 0.732. The van der Waals surface area contributed by atoms with Gasteiger partial charge in [-0.1, -0.05) is 5.16 Å². The summed E-state index contributed by atoms with van der Waals surface area (Å²) in [5, 5.41) is 3.42. The third-order valence-electron chi connectivity index (χ3n) is 1.13. The van der Waals surface area contributed by atoms with Crippen LogP contribution in [0.25, 0.3) is 0 Å².